The number of hydrogen-bond donors (Lipinski definition) is 3. The standard InChI is InChI=1S/C29H24F3N7O6/c30-29(31,32)22-13-18(21-4-3-11-45-21)35-23-14-19(37-39(22)23)25(41)34-10-2-1-9-33-15-5-6-16-17(12-15)28(44)38(27(16)43)20-7-8-24(40)36-26(20)42/h3-6,11-14,20,33H,1-2,7-10H2,(H,34,41)(H,36,40,42). The summed E-state index contributed by atoms with van der Waals surface area (Å²) in [4.78, 5) is 67.2. The van der Waals surface area contributed by atoms with Gasteiger partial charge in [0.05, 0.1) is 17.4 Å². The van der Waals surface area contributed by atoms with Gasteiger partial charge < -0.3 is 15.1 Å². The molecular formula is C29H24F3N7O6. The summed E-state index contributed by atoms with van der Waals surface area (Å²) in [5, 5.41) is 11.7. The average molecular weight is 624 g/mol. The number of piperidine rings is 1. The van der Waals surface area contributed by atoms with Gasteiger partial charge in [-0.1, -0.05) is 0 Å². The fourth-order valence-corrected chi connectivity index (χ4v) is 5.19. The van der Waals surface area contributed by atoms with Crippen LogP contribution in [-0.2, 0) is 15.8 Å². The molecule has 1 unspecified atom stereocenters. The number of nitrogens with one attached hydrogen (secondary N) is 3. The number of amides is 5. The zero-order valence-corrected chi connectivity index (χ0v) is 23.3. The molecule has 1 aromatic carbocycles. The molecule has 0 aliphatic carbocycles. The number of benzene rings is 1. The summed E-state index contributed by atoms with van der Waals surface area (Å²) in [7, 11) is 0. The Morgan fingerprint density at radius 2 is 1.80 bits per heavy atom. The van der Waals surface area contributed by atoms with Gasteiger partial charge in [0.1, 0.15) is 11.7 Å². The average Bonchev–Trinajstić information content (AvgIpc) is 3.73. The van der Waals surface area contributed by atoms with Crippen molar-refractivity contribution < 1.29 is 41.6 Å². The predicted molar refractivity (Wildman–Crippen MR) is 149 cm³/mol. The Kier molecular flexibility index (Phi) is 7.56. The minimum absolute atomic E-state index is 0.0274. The van der Waals surface area contributed by atoms with Crippen LogP contribution in [0.5, 0.6) is 0 Å². The highest BCUT2D eigenvalue weighted by molar-refractivity contribution is 6.23. The largest absolute Gasteiger partial charge is 0.463 e. The number of nitrogens with zero attached hydrogens (tertiary/aromatic N) is 4. The van der Waals surface area contributed by atoms with Gasteiger partial charge in [0.15, 0.2) is 22.8 Å². The van der Waals surface area contributed by atoms with Crippen molar-refractivity contribution in [2.45, 2.75) is 37.9 Å². The lowest BCUT2D eigenvalue weighted by Crippen LogP contribution is -2.54. The Labute approximate surface area is 251 Å². The molecule has 0 spiro atoms. The van der Waals surface area contributed by atoms with Gasteiger partial charge in [-0.2, -0.15) is 18.3 Å². The van der Waals surface area contributed by atoms with Gasteiger partial charge >= 0.3 is 6.18 Å². The van der Waals surface area contributed by atoms with E-state index in [1.165, 1.54) is 36.6 Å². The lowest BCUT2D eigenvalue weighted by molar-refractivity contribution is -0.142. The van der Waals surface area contributed by atoms with E-state index >= 15 is 0 Å². The van der Waals surface area contributed by atoms with E-state index in [1.807, 2.05) is 0 Å². The van der Waals surface area contributed by atoms with Gasteiger partial charge in [0, 0.05) is 31.3 Å². The Balaban J connectivity index is 1.02. The molecule has 2 aliphatic heterocycles. The topological polar surface area (TPSA) is 168 Å². The van der Waals surface area contributed by atoms with Crippen LogP contribution in [0.15, 0.2) is 53.1 Å². The Bertz CT molecular complexity index is 1850. The van der Waals surface area contributed by atoms with Crippen LogP contribution in [0.4, 0.5) is 18.9 Å². The highest BCUT2D eigenvalue weighted by Gasteiger charge is 2.44. The summed E-state index contributed by atoms with van der Waals surface area (Å²) in [6.45, 7) is 0.653. The molecule has 0 bridgehead atoms. The van der Waals surface area contributed by atoms with Gasteiger partial charge in [-0.15, -0.1) is 0 Å². The van der Waals surface area contributed by atoms with Crippen LogP contribution < -0.4 is 16.0 Å². The van der Waals surface area contributed by atoms with Crippen LogP contribution in [0.25, 0.3) is 17.1 Å². The zero-order valence-electron chi connectivity index (χ0n) is 23.3. The number of anilines is 1. The van der Waals surface area contributed by atoms with Crippen molar-refractivity contribution in [2.24, 2.45) is 0 Å². The highest BCUT2D eigenvalue weighted by atomic mass is 19.4. The second-order valence-electron chi connectivity index (χ2n) is 10.4. The smallest absolute Gasteiger partial charge is 0.433 e. The number of alkyl halides is 3. The molecule has 4 aromatic rings. The van der Waals surface area contributed by atoms with E-state index in [0.717, 1.165) is 11.0 Å². The maximum atomic E-state index is 13.7. The minimum Gasteiger partial charge on any atom is -0.463 e. The molecule has 5 heterocycles. The van der Waals surface area contributed by atoms with Crippen LogP contribution in [0, 0.1) is 0 Å². The first-order chi connectivity index (χ1) is 21.5. The van der Waals surface area contributed by atoms with E-state index in [0.29, 0.717) is 29.6 Å². The van der Waals surface area contributed by atoms with Gasteiger partial charge in [0.25, 0.3) is 17.7 Å². The fraction of sp³-hybridized carbons (Fsp3) is 0.276. The molecule has 232 valence electrons. The monoisotopic (exact) mass is 623 g/mol. The molecule has 0 radical (unpaired) electrons. The third-order valence-electron chi connectivity index (χ3n) is 7.38. The number of rotatable bonds is 9. The Hall–Kier alpha value is -5.54. The first-order valence-electron chi connectivity index (χ1n) is 13.9. The first kappa shape index (κ1) is 29.5. The molecule has 3 N–H and O–H groups in total. The molecule has 2 aliphatic rings. The van der Waals surface area contributed by atoms with Crippen molar-refractivity contribution in [1.29, 1.82) is 0 Å². The summed E-state index contributed by atoms with van der Waals surface area (Å²) in [6.07, 6.45) is -2.28. The Morgan fingerprint density at radius 3 is 2.53 bits per heavy atom. The molecule has 5 amide bonds. The van der Waals surface area contributed by atoms with Gasteiger partial charge in [-0.05, 0) is 55.7 Å². The predicted octanol–water partition coefficient (Wildman–Crippen LogP) is 3.03. The van der Waals surface area contributed by atoms with E-state index < -0.39 is 47.4 Å². The van der Waals surface area contributed by atoms with E-state index in [2.05, 4.69) is 26.0 Å². The molecule has 45 heavy (non-hydrogen) atoms. The molecule has 1 atom stereocenters. The van der Waals surface area contributed by atoms with Crippen LogP contribution in [-0.4, -0.2) is 68.2 Å². The third-order valence-corrected chi connectivity index (χ3v) is 7.38. The molecule has 6 rings (SSSR count). The van der Waals surface area contributed by atoms with Gasteiger partial charge in [-0.25, -0.2) is 9.50 Å². The number of aromatic nitrogens is 3. The number of halogens is 3. The van der Waals surface area contributed by atoms with Gasteiger partial charge in [-0.3, -0.25) is 34.2 Å². The molecule has 13 nitrogen and oxygen atoms in total. The first-order valence-corrected chi connectivity index (χ1v) is 13.9. The highest BCUT2D eigenvalue weighted by Crippen LogP contribution is 2.33. The fourth-order valence-electron chi connectivity index (χ4n) is 5.19. The van der Waals surface area contributed by atoms with Crippen molar-refractivity contribution in [3.05, 3.63) is 71.2 Å². The van der Waals surface area contributed by atoms with E-state index in [9.17, 15) is 37.1 Å². The molecule has 3 aromatic heterocycles. The summed E-state index contributed by atoms with van der Waals surface area (Å²) in [5.41, 5.74) is -0.675. The van der Waals surface area contributed by atoms with Crippen LogP contribution >= 0.6 is 0 Å². The quantitative estimate of drug-likeness (QED) is 0.188. The second-order valence-corrected chi connectivity index (χ2v) is 10.4. The molecule has 16 heteroatoms. The zero-order chi connectivity index (χ0) is 31.9. The summed E-state index contributed by atoms with van der Waals surface area (Å²) < 4.78 is 46.9. The third kappa shape index (κ3) is 5.73. The van der Waals surface area contributed by atoms with Crippen molar-refractivity contribution in [2.75, 3.05) is 18.4 Å². The van der Waals surface area contributed by atoms with Gasteiger partial charge in [0.2, 0.25) is 11.8 Å². The SMILES string of the molecule is O=C1CCC(N2C(=O)c3ccc(NCCCCNC(=O)c4cc5nc(-c6ccco6)cc(C(F)(F)F)n5n4)cc3C2=O)C(=O)N1. The molecule has 1 saturated heterocycles. The van der Waals surface area contributed by atoms with Crippen molar-refractivity contribution in [3.63, 3.8) is 0 Å². The summed E-state index contributed by atoms with van der Waals surface area (Å²) in [5.74, 6) is -2.87. The van der Waals surface area contributed by atoms with Crippen molar-refractivity contribution >= 4 is 40.9 Å². The number of unbranched alkanes of at least 4 members (excludes halogenated alkanes) is 1. The Morgan fingerprint density at radius 1 is 1.02 bits per heavy atom. The number of furan rings is 1. The van der Waals surface area contributed by atoms with Crippen LogP contribution in [0.2, 0.25) is 0 Å². The van der Waals surface area contributed by atoms with Crippen molar-refractivity contribution in [3.8, 4) is 11.5 Å². The van der Waals surface area contributed by atoms with Crippen molar-refractivity contribution in [1.82, 2.24) is 30.1 Å². The van der Waals surface area contributed by atoms with Crippen LogP contribution in [0.1, 0.15) is 62.6 Å². The van der Waals surface area contributed by atoms with E-state index in [-0.39, 0.29) is 53.3 Å². The lowest BCUT2D eigenvalue weighted by atomic mass is 10.0. The number of carbonyl (C=O) groups excluding carboxylic acids is 5. The summed E-state index contributed by atoms with van der Waals surface area (Å²) >= 11 is 0. The molecule has 1 fully saturated rings. The molecular weight excluding hydrogens is 599 g/mol. The maximum Gasteiger partial charge on any atom is 0.433 e. The number of imide groups is 2. The minimum atomic E-state index is -4.76. The van der Waals surface area contributed by atoms with E-state index in [4.69, 9.17) is 4.42 Å². The maximum absolute atomic E-state index is 13.7. The normalized spacial score (nSPS) is 16.7. The summed E-state index contributed by atoms with van der Waals surface area (Å²) in [6, 6.07) is 8.56. The number of fused-ring (bicyclic) bond motifs is 2. The second kappa shape index (κ2) is 11.5. The lowest BCUT2D eigenvalue weighted by Gasteiger charge is -2.27. The number of carbonyl (C=O) groups is 5. The van der Waals surface area contributed by atoms with Crippen LogP contribution in [0.3, 0.4) is 0 Å². The molecule has 0 saturated carbocycles. The number of hydrogen-bond acceptors (Lipinski definition) is 9. The van der Waals surface area contributed by atoms with E-state index in [1.54, 1.807) is 6.07 Å².